The van der Waals surface area contributed by atoms with Crippen molar-refractivity contribution >= 4 is 5.97 Å². The Balaban J connectivity index is 1.79. The van der Waals surface area contributed by atoms with E-state index in [0.29, 0.717) is 5.92 Å². The molecule has 1 fully saturated rings. The van der Waals surface area contributed by atoms with E-state index in [-0.39, 0.29) is 5.92 Å². The zero-order valence-corrected chi connectivity index (χ0v) is 14.1. The quantitative estimate of drug-likeness (QED) is 0.366. The minimum absolute atomic E-state index is 0.0341. The number of carbonyl (C=O) groups is 1. The highest BCUT2D eigenvalue weighted by molar-refractivity contribution is 5.70. The summed E-state index contributed by atoms with van der Waals surface area (Å²) in [5, 5.41) is 9.16. The van der Waals surface area contributed by atoms with E-state index < -0.39 is 5.97 Å². The van der Waals surface area contributed by atoms with E-state index in [9.17, 15) is 4.79 Å². The van der Waals surface area contributed by atoms with Crippen LogP contribution in [-0.2, 0) is 4.79 Å². The first-order valence-corrected chi connectivity index (χ1v) is 9.48. The molecule has 1 N–H and O–H groups in total. The first-order chi connectivity index (χ1) is 10.3. The highest BCUT2D eigenvalue weighted by Crippen LogP contribution is 2.39. The zero-order valence-electron chi connectivity index (χ0n) is 14.1. The standard InChI is InChI=1S/C19H36O2/c1-2-3-4-5-6-7-8-9-10-11-12-13-14-18(19(20)21)17-15-16-17/h17-18H,2-16H2,1H3,(H,20,21). The summed E-state index contributed by atoms with van der Waals surface area (Å²) in [6, 6.07) is 0. The Morgan fingerprint density at radius 2 is 1.29 bits per heavy atom. The van der Waals surface area contributed by atoms with Gasteiger partial charge in [-0.3, -0.25) is 4.79 Å². The summed E-state index contributed by atoms with van der Waals surface area (Å²) in [6.45, 7) is 2.27. The minimum atomic E-state index is -0.555. The van der Waals surface area contributed by atoms with Gasteiger partial charge in [0.05, 0.1) is 5.92 Å². The highest BCUT2D eigenvalue weighted by Gasteiger charge is 2.35. The van der Waals surface area contributed by atoms with Gasteiger partial charge in [-0.2, -0.15) is 0 Å². The molecular weight excluding hydrogens is 260 g/mol. The molecule has 21 heavy (non-hydrogen) atoms. The molecule has 1 saturated carbocycles. The first kappa shape index (κ1) is 18.5. The number of carboxylic acids is 1. The maximum Gasteiger partial charge on any atom is 0.306 e. The second-order valence-corrected chi connectivity index (χ2v) is 6.96. The molecule has 1 aliphatic carbocycles. The first-order valence-electron chi connectivity index (χ1n) is 9.48. The fraction of sp³-hybridized carbons (Fsp3) is 0.947. The Hall–Kier alpha value is -0.530. The molecule has 1 unspecified atom stereocenters. The average Bonchev–Trinajstić information content (AvgIpc) is 3.28. The highest BCUT2D eigenvalue weighted by atomic mass is 16.4. The molecule has 0 aromatic rings. The van der Waals surface area contributed by atoms with E-state index >= 15 is 0 Å². The van der Waals surface area contributed by atoms with E-state index in [0.717, 1.165) is 25.7 Å². The molecule has 0 heterocycles. The fourth-order valence-electron chi connectivity index (χ4n) is 3.26. The van der Waals surface area contributed by atoms with Crippen LogP contribution < -0.4 is 0 Å². The van der Waals surface area contributed by atoms with Gasteiger partial charge in [0.15, 0.2) is 0 Å². The molecule has 0 bridgehead atoms. The van der Waals surface area contributed by atoms with Crippen molar-refractivity contribution in [3.8, 4) is 0 Å². The van der Waals surface area contributed by atoms with Gasteiger partial charge in [0, 0.05) is 0 Å². The molecule has 0 aliphatic heterocycles. The lowest BCUT2D eigenvalue weighted by atomic mass is 9.96. The molecule has 2 nitrogen and oxygen atoms in total. The predicted molar refractivity (Wildman–Crippen MR) is 89.5 cm³/mol. The van der Waals surface area contributed by atoms with Crippen molar-refractivity contribution in [3.63, 3.8) is 0 Å². The second kappa shape index (κ2) is 12.1. The van der Waals surface area contributed by atoms with Crippen LogP contribution in [-0.4, -0.2) is 11.1 Å². The summed E-state index contributed by atoms with van der Waals surface area (Å²) in [5.41, 5.74) is 0. The molecule has 124 valence electrons. The van der Waals surface area contributed by atoms with Crippen LogP contribution in [0.2, 0.25) is 0 Å². The Morgan fingerprint density at radius 1 is 0.857 bits per heavy atom. The molecule has 0 aromatic heterocycles. The summed E-state index contributed by atoms with van der Waals surface area (Å²) in [7, 11) is 0. The summed E-state index contributed by atoms with van der Waals surface area (Å²) in [4.78, 5) is 11.1. The third kappa shape index (κ3) is 9.92. The van der Waals surface area contributed by atoms with Crippen LogP contribution in [0.4, 0.5) is 0 Å². The van der Waals surface area contributed by atoms with Crippen molar-refractivity contribution in [2.45, 2.75) is 103 Å². The van der Waals surface area contributed by atoms with Gasteiger partial charge in [0.1, 0.15) is 0 Å². The predicted octanol–water partition coefficient (Wildman–Crippen LogP) is 6.19. The number of aliphatic carboxylic acids is 1. The van der Waals surface area contributed by atoms with Gasteiger partial charge in [-0.05, 0) is 25.2 Å². The lowest BCUT2D eigenvalue weighted by Gasteiger charge is -2.10. The Bertz CT molecular complexity index is 258. The smallest absolute Gasteiger partial charge is 0.306 e. The van der Waals surface area contributed by atoms with E-state index in [1.165, 1.54) is 70.6 Å². The summed E-state index contributed by atoms with van der Waals surface area (Å²) < 4.78 is 0. The van der Waals surface area contributed by atoms with Gasteiger partial charge in [-0.15, -0.1) is 0 Å². The number of carboxylic acid groups (broad SMARTS) is 1. The van der Waals surface area contributed by atoms with Crippen molar-refractivity contribution in [1.29, 1.82) is 0 Å². The largest absolute Gasteiger partial charge is 0.481 e. The normalized spacial score (nSPS) is 16.0. The van der Waals surface area contributed by atoms with E-state index in [4.69, 9.17) is 5.11 Å². The van der Waals surface area contributed by atoms with E-state index in [1.54, 1.807) is 0 Å². The van der Waals surface area contributed by atoms with Crippen LogP contribution in [0.5, 0.6) is 0 Å². The molecular formula is C19H36O2. The third-order valence-electron chi connectivity index (χ3n) is 4.88. The maximum absolute atomic E-state index is 11.1. The number of hydrogen-bond donors (Lipinski definition) is 1. The summed E-state index contributed by atoms with van der Waals surface area (Å²) >= 11 is 0. The van der Waals surface area contributed by atoms with Gasteiger partial charge in [0.25, 0.3) is 0 Å². The number of hydrogen-bond acceptors (Lipinski definition) is 1. The van der Waals surface area contributed by atoms with Gasteiger partial charge < -0.3 is 5.11 Å². The van der Waals surface area contributed by atoms with Gasteiger partial charge in [-0.1, -0.05) is 84.0 Å². The molecule has 0 spiro atoms. The van der Waals surface area contributed by atoms with E-state index in [1.807, 2.05) is 0 Å². The molecule has 1 atom stereocenters. The van der Waals surface area contributed by atoms with E-state index in [2.05, 4.69) is 6.92 Å². The van der Waals surface area contributed by atoms with Crippen molar-refractivity contribution in [3.05, 3.63) is 0 Å². The molecule has 0 amide bonds. The van der Waals surface area contributed by atoms with Crippen LogP contribution in [0.15, 0.2) is 0 Å². The molecule has 2 heteroatoms. The van der Waals surface area contributed by atoms with Crippen LogP contribution >= 0.6 is 0 Å². The average molecular weight is 296 g/mol. The molecule has 0 saturated heterocycles. The van der Waals surface area contributed by atoms with Crippen molar-refractivity contribution < 1.29 is 9.90 Å². The monoisotopic (exact) mass is 296 g/mol. The minimum Gasteiger partial charge on any atom is -0.481 e. The topological polar surface area (TPSA) is 37.3 Å². The lowest BCUT2D eigenvalue weighted by molar-refractivity contribution is -0.142. The fourth-order valence-corrected chi connectivity index (χ4v) is 3.26. The van der Waals surface area contributed by atoms with Gasteiger partial charge >= 0.3 is 5.97 Å². The van der Waals surface area contributed by atoms with Gasteiger partial charge in [0.2, 0.25) is 0 Å². The Labute approximate surface area is 131 Å². The second-order valence-electron chi connectivity index (χ2n) is 6.96. The van der Waals surface area contributed by atoms with Crippen LogP contribution in [0, 0.1) is 11.8 Å². The van der Waals surface area contributed by atoms with Crippen molar-refractivity contribution in [2.24, 2.45) is 11.8 Å². The van der Waals surface area contributed by atoms with Gasteiger partial charge in [-0.25, -0.2) is 0 Å². The Kier molecular flexibility index (Phi) is 10.6. The molecule has 1 rings (SSSR count). The van der Waals surface area contributed by atoms with Crippen LogP contribution in [0.1, 0.15) is 103 Å². The molecule has 0 aromatic carbocycles. The van der Waals surface area contributed by atoms with Crippen molar-refractivity contribution in [2.75, 3.05) is 0 Å². The molecule has 1 aliphatic rings. The SMILES string of the molecule is CCCCCCCCCCCCCCC(C(=O)O)C1CC1. The summed E-state index contributed by atoms with van der Waals surface area (Å²) in [6.07, 6.45) is 19.4. The van der Waals surface area contributed by atoms with Crippen LogP contribution in [0.25, 0.3) is 0 Å². The van der Waals surface area contributed by atoms with Crippen molar-refractivity contribution in [1.82, 2.24) is 0 Å². The third-order valence-corrected chi connectivity index (χ3v) is 4.88. The number of unbranched alkanes of at least 4 members (excludes halogenated alkanes) is 11. The van der Waals surface area contributed by atoms with Crippen LogP contribution in [0.3, 0.4) is 0 Å². The number of rotatable bonds is 15. The molecule has 0 radical (unpaired) electrons. The zero-order chi connectivity index (χ0) is 15.3. The lowest BCUT2D eigenvalue weighted by Crippen LogP contribution is -2.15. The maximum atomic E-state index is 11.1. The summed E-state index contributed by atoms with van der Waals surface area (Å²) in [5.74, 6) is -0.0797. The Morgan fingerprint density at radius 3 is 1.67 bits per heavy atom.